The molecule has 5 heteroatoms. The third-order valence-corrected chi connectivity index (χ3v) is 2.21. The highest BCUT2D eigenvalue weighted by atomic mass is 16.5. The van der Waals surface area contributed by atoms with E-state index >= 15 is 0 Å². The van der Waals surface area contributed by atoms with Gasteiger partial charge >= 0.3 is 5.97 Å². The van der Waals surface area contributed by atoms with Crippen LogP contribution in [0.1, 0.15) is 38.5 Å². The number of rotatable bonds is 6. The van der Waals surface area contributed by atoms with Crippen LogP contribution in [-0.2, 0) is 14.3 Å². The van der Waals surface area contributed by atoms with Gasteiger partial charge in [-0.15, -0.1) is 0 Å². The number of carbonyl (C=O) groups excluding carboxylic acids is 2. The minimum atomic E-state index is -0.353. The van der Waals surface area contributed by atoms with E-state index in [4.69, 9.17) is 9.15 Å². The van der Waals surface area contributed by atoms with Crippen LogP contribution in [0.5, 0.6) is 0 Å². The van der Waals surface area contributed by atoms with Gasteiger partial charge in [-0.1, -0.05) is 0 Å². The molecule has 0 saturated carbocycles. The van der Waals surface area contributed by atoms with E-state index in [9.17, 15) is 9.59 Å². The van der Waals surface area contributed by atoms with Crippen molar-refractivity contribution in [3.05, 3.63) is 24.2 Å². The number of hydrogen-bond acceptors (Lipinski definition) is 4. The number of nitrogens with one attached hydrogen (secondary N) is 1. The monoisotopic (exact) mass is 239 g/mol. The van der Waals surface area contributed by atoms with Crippen LogP contribution < -0.4 is 5.32 Å². The lowest BCUT2D eigenvalue weighted by Crippen LogP contribution is -2.26. The molecule has 1 N–H and O–H groups in total. The third kappa shape index (κ3) is 4.72. The predicted octanol–water partition coefficient (Wildman–Crippen LogP) is 1.80. The Labute approximate surface area is 100 Å². The van der Waals surface area contributed by atoms with Crippen molar-refractivity contribution < 1.29 is 18.7 Å². The van der Waals surface area contributed by atoms with Crippen LogP contribution in [0.4, 0.5) is 0 Å². The lowest BCUT2D eigenvalue weighted by atomic mass is 10.2. The number of esters is 1. The Bertz CT molecular complexity index is 359. The zero-order valence-electron chi connectivity index (χ0n) is 10.1. The van der Waals surface area contributed by atoms with Gasteiger partial charge in [0.25, 0.3) is 0 Å². The summed E-state index contributed by atoms with van der Waals surface area (Å²) in [5, 5.41) is 2.74. The topological polar surface area (TPSA) is 68.5 Å². The van der Waals surface area contributed by atoms with Crippen molar-refractivity contribution in [3.63, 3.8) is 0 Å². The summed E-state index contributed by atoms with van der Waals surface area (Å²) in [6.07, 6.45) is 1.78. The van der Waals surface area contributed by atoms with Crippen LogP contribution in [0.15, 0.2) is 22.8 Å². The highest BCUT2D eigenvalue weighted by molar-refractivity contribution is 5.81. The number of carbonyl (C=O) groups is 2. The molecule has 0 spiro atoms. The molecule has 0 radical (unpaired) electrons. The van der Waals surface area contributed by atoms with Crippen molar-refractivity contribution in [1.82, 2.24) is 5.32 Å². The van der Waals surface area contributed by atoms with Crippen LogP contribution in [-0.4, -0.2) is 18.5 Å². The molecule has 1 heterocycles. The SMILES string of the molecule is CCOC(=O)CCC(=O)N[C@@H](C)c1ccco1. The summed E-state index contributed by atoms with van der Waals surface area (Å²) in [4.78, 5) is 22.5. The van der Waals surface area contributed by atoms with Gasteiger partial charge < -0.3 is 14.5 Å². The van der Waals surface area contributed by atoms with Crippen molar-refractivity contribution in [2.45, 2.75) is 32.7 Å². The molecule has 0 saturated heterocycles. The summed E-state index contributed by atoms with van der Waals surface area (Å²) < 4.78 is 9.89. The van der Waals surface area contributed by atoms with Crippen molar-refractivity contribution in [3.8, 4) is 0 Å². The van der Waals surface area contributed by atoms with Crippen LogP contribution >= 0.6 is 0 Å². The molecule has 0 bridgehead atoms. The molecule has 1 atom stereocenters. The molecule has 0 aromatic carbocycles. The Morgan fingerprint density at radius 2 is 2.24 bits per heavy atom. The average Bonchev–Trinajstić information content (AvgIpc) is 2.80. The fourth-order valence-corrected chi connectivity index (χ4v) is 1.37. The van der Waals surface area contributed by atoms with Crippen LogP contribution in [0.3, 0.4) is 0 Å². The average molecular weight is 239 g/mol. The Morgan fingerprint density at radius 1 is 1.47 bits per heavy atom. The summed E-state index contributed by atoms with van der Waals surface area (Å²) in [5.41, 5.74) is 0. The summed E-state index contributed by atoms with van der Waals surface area (Å²) >= 11 is 0. The van der Waals surface area contributed by atoms with Crippen LogP contribution in [0.25, 0.3) is 0 Å². The molecule has 1 aromatic rings. The second kappa shape index (κ2) is 6.73. The van der Waals surface area contributed by atoms with E-state index in [1.165, 1.54) is 0 Å². The minimum Gasteiger partial charge on any atom is -0.467 e. The first-order chi connectivity index (χ1) is 8.13. The highest BCUT2D eigenvalue weighted by Gasteiger charge is 2.13. The lowest BCUT2D eigenvalue weighted by Gasteiger charge is -2.10. The van der Waals surface area contributed by atoms with Crippen molar-refractivity contribution >= 4 is 11.9 Å². The molecule has 17 heavy (non-hydrogen) atoms. The van der Waals surface area contributed by atoms with Crippen molar-refractivity contribution in [1.29, 1.82) is 0 Å². The Morgan fingerprint density at radius 3 is 2.82 bits per heavy atom. The molecule has 1 rings (SSSR count). The fourth-order valence-electron chi connectivity index (χ4n) is 1.37. The van der Waals surface area contributed by atoms with E-state index in [0.717, 1.165) is 0 Å². The van der Waals surface area contributed by atoms with E-state index in [-0.39, 0.29) is 30.8 Å². The Hall–Kier alpha value is -1.78. The molecule has 0 aliphatic carbocycles. The first-order valence-electron chi connectivity index (χ1n) is 5.62. The molecule has 5 nitrogen and oxygen atoms in total. The molecule has 94 valence electrons. The van der Waals surface area contributed by atoms with Gasteiger partial charge in [0.2, 0.25) is 5.91 Å². The van der Waals surface area contributed by atoms with Crippen LogP contribution in [0, 0.1) is 0 Å². The van der Waals surface area contributed by atoms with E-state index in [1.54, 1.807) is 25.3 Å². The molecule has 0 aliphatic rings. The van der Waals surface area contributed by atoms with E-state index in [2.05, 4.69) is 5.32 Å². The molecular weight excluding hydrogens is 222 g/mol. The van der Waals surface area contributed by atoms with Gasteiger partial charge in [-0.3, -0.25) is 9.59 Å². The molecule has 1 amide bonds. The molecule has 1 aromatic heterocycles. The first-order valence-corrected chi connectivity index (χ1v) is 5.62. The normalized spacial score (nSPS) is 11.9. The standard InChI is InChI=1S/C12H17NO4/c1-3-16-12(15)7-6-11(14)13-9(2)10-5-4-8-17-10/h4-5,8-9H,3,6-7H2,1-2H3,(H,13,14)/t9-/m0/s1. The second-order valence-electron chi connectivity index (χ2n) is 3.61. The van der Waals surface area contributed by atoms with Crippen molar-refractivity contribution in [2.75, 3.05) is 6.61 Å². The Balaban J connectivity index is 2.28. The maximum Gasteiger partial charge on any atom is 0.306 e. The summed E-state index contributed by atoms with van der Waals surface area (Å²) in [5.74, 6) is 0.143. The number of amides is 1. The van der Waals surface area contributed by atoms with Gasteiger partial charge in [0.1, 0.15) is 5.76 Å². The quantitative estimate of drug-likeness (QED) is 0.768. The van der Waals surface area contributed by atoms with Crippen LogP contribution in [0.2, 0.25) is 0 Å². The van der Waals surface area contributed by atoms with Crippen molar-refractivity contribution in [2.24, 2.45) is 0 Å². The van der Waals surface area contributed by atoms with E-state index in [1.807, 2.05) is 6.92 Å². The van der Waals surface area contributed by atoms with E-state index < -0.39 is 0 Å². The summed E-state index contributed by atoms with van der Waals surface area (Å²) in [6.45, 7) is 3.89. The number of ether oxygens (including phenoxy) is 1. The first kappa shape index (κ1) is 13.3. The molecular formula is C12H17NO4. The number of hydrogen-bond donors (Lipinski definition) is 1. The van der Waals surface area contributed by atoms with Gasteiger partial charge in [-0.05, 0) is 26.0 Å². The van der Waals surface area contributed by atoms with Gasteiger partial charge in [0.05, 0.1) is 25.3 Å². The van der Waals surface area contributed by atoms with Gasteiger partial charge in [0.15, 0.2) is 0 Å². The lowest BCUT2D eigenvalue weighted by molar-refractivity contribution is -0.144. The van der Waals surface area contributed by atoms with Gasteiger partial charge in [-0.2, -0.15) is 0 Å². The molecule has 0 aliphatic heterocycles. The third-order valence-electron chi connectivity index (χ3n) is 2.21. The molecule has 0 fully saturated rings. The summed E-state index contributed by atoms with van der Waals surface area (Å²) in [7, 11) is 0. The molecule has 0 unspecified atom stereocenters. The minimum absolute atomic E-state index is 0.102. The predicted molar refractivity (Wildman–Crippen MR) is 61.1 cm³/mol. The largest absolute Gasteiger partial charge is 0.467 e. The highest BCUT2D eigenvalue weighted by Crippen LogP contribution is 2.12. The smallest absolute Gasteiger partial charge is 0.306 e. The number of furan rings is 1. The zero-order chi connectivity index (χ0) is 12.7. The Kier molecular flexibility index (Phi) is 5.26. The summed E-state index contributed by atoms with van der Waals surface area (Å²) in [6, 6.07) is 3.35. The maximum absolute atomic E-state index is 11.5. The van der Waals surface area contributed by atoms with E-state index in [0.29, 0.717) is 12.4 Å². The second-order valence-corrected chi connectivity index (χ2v) is 3.61. The zero-order valence-corrected chi connectivity index (χ0v) is 10.1. The maximum atomic E-state index is 11.5. The van der Waals surface area contributed by atoms with Gasteiger partial charge in [-0.25, -0.2) is 0 Å². The fraction of sp³-hybridized carbons (Fsp3) is 0.500. The van der Waals surface area contributed by atoms with Gasteiger partial charge in [0, 0.05) is 6.42 Å².